The maximum Gasteiger partial charge on any atom is 0.253 e. The molecular formula is C18H24N6O2. The van der Waals surface area contributed by atoms with E-state index < -0.39 is 0 Å². The number of amides is 1. The highest BCUT2D eigenvalue weighted by Crippen LogP contribution is 2.24. The zero-order valence-electron chi connectivity index (χ0n) is 15.3. The lowest BCUT2D eigenvalue weighted by Gasteiger charge is -2.25. The van der Waals surface area contributed by atoms with Gasteiger partial charge in [-0.1, -0.05) is 6.92 Å². The molecule has 138 valence electrons. The van der Waals surface area contributed by atoms with Gasteiger partial charge in [0, 0.05) is 26.4 Å². The average molecular weight is 356 g/mol. The normalized spacial score (nSPS) is 19.6. The Kier molecular flexibility index (Phi) is 5.72. The van der Waals surface area contributed by atoms with Gasteiger partial charge in [0.2, 0.25) is 0 Å². The monoisotopic (exact) mass is 356 g/mol. The van der Waals surface area contributed by atoms with Gasteiger partial charge in [0.25, 0.3) is 5.91 Å². The first-order valence-corrected chi connectivity index (χ1v) is 8.79. The van der Waals surface area contributed by atoms with Crippen LogP contribution in [0.1, 0.15) is 35.1 Å². The lowest BCUT2D eigenvalue weighted by atomic mass is 10.1. The van der Waals surface area contributed by atoms with Crippen molar-refractivity contribution < 1.29 is 9.53 Å². The van der Waals surface area contributed by atoms with Crippen molar-refractivity contribution in [1.82, 2.24) is 25.5 Å². The quantitative estimate of drug-likeness (QED) is 0.830. The van der Waals surface area contributed by atoms with Crippen molar-refractivity contribution in [2.45, 2.75) is 38.8 Å². The molecule has 0 unspecified atom stereocenters. The summed E-state index contributed by atoms with van der Waals surface area (Å²) in [5, 5.41) is 11.2. The Hall–Kier alpha value is -2.61. The van der Waals surface area contributed by atoms with Gasteiger partial charge in [-0.25, -0.2) is 9.97 Å². The van der Waals surface area contributed by atoms with Gasteiger partial charge in [0.05, 0.1) is 29.1 Å². The number of methoxy groups -OCH3 is 1. The number of anilines is 1. The second kappa shape index (κ2) is 8.18. The number of aromatic nitrogens is 4. The molecule has 1 saturated heterocycles. The maximum absolute atomic E-state index is 12.6. The van der Waals surface area contributed by atoms with Crippen LogP contribution in [0.2, 0.25) is 0 Å². The number of nitrogens with one attached hydrogen (secondary N) is 1. The Bertz CT molecular complexity index is 755. The minimum atomic E-state index is -0.129. The number of carbonyl (C=O) groups excluding carboxylic acids is 1. The standard InChI is InChI=1S/C18H24N6O2/c1-4-13-7-16(12(2)22-23-13)18(25)20-9-14-8-15(26-3)10-24(14)17-5-6-19-11-21-17/h5-7,11,14-15H,4,8-10H2,1-3H3,(H,20,25)/t14-,15-/m1/s1. The number of carbonyl (C=O) groups is 1. The van der Waals surface area contributed by atoms with E-state index in [2.05, 4.69) is 30.4 Å². The van der Waals surface area contributed by atoms with Gasteiger partial charge in [0.15, 0.2) is 0 Å². The Labute approximate surface area is 153 Å². The SMILES string of the molecule is CCc1cc(C(=O)NC[C@H]2C[C@@H](OC)CN2c2ccncn2)c(C)nn1. The number of ether oxygens (including phenoxy) is 1. The summed E-state index contributed by atoms with van der Waals surface area (Å²) >= 11 is 0. The summed E-state index contributed by atoms with van der Waals surface area (Å²) in [6.45, 7) is 5.03. The topological polar surface area (TPSA) is 93.1 Å². The fourth-order valence-electron chi connectivity index (χ4n) is 3.17. The first-order valence-electron chi connectivity index (χ1n) is 8.79. The second-order valence-electron chi connectivity index (χ2n) is 6.37. The molecule has 3 heterocycles. The van der Waals surface area contributed by atoms with Crippen molar-refractivity contribution in [3.63, 3.8) is 0 Å². The van der Waals surface area contributed by atoms with E-state index in [9.17, 15) is 4.79 Å². The molecule has 3 rings (SSSR count). The Morgan fingerprint density at radius 2 is 2.27 bits per heavy atom. The predicted octanol–water partition coefficient (Wildman–Crippen LogP) is 1.16. The summed E-state index contributed by atoms with van der Waals surface area (Å²) in [6.07, 6.45) is 4.93. The van der Waals surface area contributed by atoms with E-state index in [1.54, 1.807) is 20.2 Å². The molecule has 1 N–H and O–H groups in total. The molecule has 2 aromatic rings. The number of hydrogen-bond donors (Lipinski definition) is 1. The molecule has 0 aliphatic carbocycles. The van der Waals surface area contributed by atoms with Crippen molar-refractivity contribution in [1.29, 1.82) is 0 Å². The van der Waals surface area contributed by atoms with Gasteiger partial charge in [-0.3, -0.25) is 4.79 Å². The van der Waals surface area contributed by atoms with Crippen LogP contribution in [0.5, 0.6) is 0 Å². The molecule has 2 aromatic heterocycles. The molecule has 26 heavy (non-hydrogen) atoms. The number of rotatable bonds is 6. The molecule has 1 amide bonds. The minimum absolute atomic E-state index is 0.111. The molecule has 0 bridgehead atoms. The largest absolute Gasteiger partial charge is 0.380 e. The van der Waals surface area contributed by atoms with Crippen LogP contribution >= 0.6 is 0 Å². The van der Waals surface area contributed by atoms with Crippen LogP contribution < -0.4 is 10.2 Å². The van der Waals surface area contributed by atoms with E-state index >= 15 is 0 Å². The lowest BCUT2D eigenvalue weighted by molar-refractivity contribution is 0.0945. The third-order valence-corrected chi connectivity index (χ3v) is 4.70. The third-order valence-electron chi connectivity index (χ3n) is 4.70. The zero-order chi connectivity index (χ0) is 18.5. The molecule has 1 aliphatic rings. The minimum Gasteiger partial charge on any atom is -0.380 e. The first-order chi connectivity index (χ1) is 12.6. The van der Waals surface area contributed by atoms with Crippen LogP contribution in [0.3, 0.4) is 0 Å². The van der Waals surface area contributed by atoms with E-state index in [1.165, 1.54) is 6.33 Å². The van der Waals surface area contributed by atoms with Gasteiger partial charge < -0.3 is 15.0 Å². The van der Waals surface area contributed by atoms with Crippen molar-refractivity contribution in [2.75, 3.05) is 25.1 Å². The van der Waals surface area contributed by atoms with Crippen LogP contribution in [-0.2, 0) is 11.2 Å². The van der Waals surface area contributed by atoms with Crippen LogP contribution in [0.4, 0.5) is 5.82 Å². The van der Waals surface area contributed by atoms with Crippen LogP contribution in [-0.4, -0.2) is 58.4 Å². The zero-order valence-corrected chi connectivity index (χ0v) is 15.3. The molecule has 1 fully saturated rings. The second-order valence-corrected chi connectivity index (χ2v) is 6.37. The smallest absolute Gasteiger partial charge is 0.253 e. The summed E-state index contributed by atoms with van der Waals surface area (Å²) in [5.74, 6) is 0.712. The number of hydrogen-bond acceptors (Lipinski definition) is 7. The molecule has 2 atom stereocenters. The number of aryl methyl sites for hydroxylation is 2. The number of nitrogens with zero attached hydrogens (tertiary/aromatic N) is 5. The summed E-state index contributed by atoms with van der Waals surface area (Å²) in [6, 6.07) is 3.80. The van der Waals surface area contributed by atoms with Crippen molar-refractivity contribution in [2.24, 2.45) is 0 Å². The van der Waals surface area contributed by atoms with Gasteiger partial charge in [0.1, 0.15) is 12.1 Å². The fraction of sp³-hybridized carbons (Fsp3) is 0.500. The van der Waals surface area contributed by atoms with Crippen LogP contribution in [0, 0.1) is 6.92 Å². The highest BCUT2D eigenvalue weighted by atomic mass is 16.5. The Balaban J connectivity index is 1.70. The molecule has 8 nitrogen and oxygen atoms in total. The molecule has 0 radical (unpaired) electrons. The van der Waals surface area contributed by atoms with Crippen molar-refractivity contribution in [3.8, 4) is 0 Å². The van der Waals surface area contributed by atoms with Gasteiger partial charge in [-0.2, -0.15) is 10.2 Å². The van der Waals surface area contributed by atoms with Gasteiger partial charge >= 0.3 is 0 Å². The van der Waals surface area contributed by atoms with E-state index in [0.29, 0.717) is 17.8 Å². The van der Waals surface area contributed by atoms with E-state index in [-0.39, 0.29) is 18.1 Å². The summed E-state index contributed by atoms with van der Waals surface area (Å²) in [7, 11) is 1.71. The molecule has 8 heteroatoms. The summed E-state index contributed by atoms with van der Waals surface area (Å²) < 4.78 is 5.52. The molecule has 0 saturated carbocycles. The molecule has 0 aromatic carbocycles. The highest BCUT2D eigenvalue weighted by molar-refractivity contribution is 5.95. The first kappa shape index (κ1) is 18.2. The molecular weight excluding hydrogens is 332 g/mol. The average Bonchev–Trinajstić information content (AvgIpc) is 3.10. The molecule has 1 aliphatic heterocycles. The van der Waals surface area contributed by atoms with Crippen LogP contribution in [0.25, 0.3) is 0 Å². The third kappa shape index (κ3) is 3.96. The van der Waals surface area contributed by atoms with E-state index in [1.807, 2.05) is 19.1 Å². The Morgan fingerprint density at radius 3 is 2.96 bits per heavy atom. The predicted molar refractivity (Wildman–Crippen MR) is 97.1 cm³/mol. The van der Waals surface area contributed by atoms with Gasteiger partial charge in [-0.05, 0) is 31.9 Å². The van der Waals surface area contributed by atoms with Crippen molar-refractivity contribution >= 4 is 11.7 Å². The Morgan fingerprint density at radius 1 is 1.42 bits per heavy atom. The highest BCUT2D eigenvalue weighted by Gasteiger charge is 2.33. The van der Waals surface area contributed by atoms with E-state index in [0.717, 1.165) is 30.9 Å². The van der Waals surface area contributed by atoms with E-state index in [4.69, 9.17) is 4.74 Å². The van der Waals surface area contributed by atoms with Gasteiger partial charge in [-0.15, -0.1) is 0 Å². The summed E-state index contributed by atoms with van der Waals surface area (Å²) in [4.78, 5) is 23.1. The molecule has 0 spiro atoms. The van der Waals surface area contributed by atoms with Crippen molar-refractivity contribution in [3.05, 3.63) is 41.6 Å². The maximum atomic E-state index is 12.6. The lowest BCUT2D eigenvalue weighted by Crippen LogP contribution is -2.40. The van der Waals surface area contributed by atoms with Crippen LogP contribution in [0.15, 0.2) is 24.7 Å². The summed E-state index contributed by atoms with van der Waals surface area (Å²) in [5.41, 5.74) is 2.02. The fourth-order valence-corrected chi connectivity index (χ4v) is 3.17.